The molecule has 0 saturated carbocycles. The molecule has 0 aliphatic carbocycles. The van der Waals surface area contributed by atoms with Gasteiger partial charge in [-0.2, -0.15) is 0 Å². The fourth-order valence-corrected chi connectivity index (χ4v) is 3.17. The Hall–Kier alpha value is -2.06. The maximum Gasteiger partial charge on any atom is 0.317 e. The van der Waals surface area contributed by atoms with Crippen LogP contribution in [0.25, 0.3) is 10.7 Å². The Bertz CT molecular complexity index is 642. The van der Waals surface area contributed by atoms with Gasteiger partial charge in [-0.1, -0.05) is 0 Å². The molecule has 1 fully saturated rings. The Balaban J connectivity index is 1.50. The van der Waals surface area contributed by atoms with E-state index in [1.165, 1.54) is 11.3 Å². The summed E-state index contributed by atoms with van der Waals surface area (Å²) >= 11 is 1.49. The van der Waals surface area contributed by atoms with Crippen LogP contribution in [0.2, 0.25) is 0 Å². The summed E-state index contributed by atoms with van der Waals surface area (Å²) in [5.74, 6) is 0. The molecule has 2 aromatic heterocycles. The fourth-order valence-electron chi connectivity index (χ4n) is 2.39. The first-order valence-electron chi connectivity index (χ1n) is 7.54. The number of amides is 2. The van der Waals surface area contributed by atoms with Crippen molar-refractivity contribution in [3.63, 3.8) is 0 Å². The predicted octanol–water partition coefficient (Wildman–Crippen LogP) is 1.92. The van der Waals surface area contributed by atoms with Crippen molar-refractivity contribution in [2.45, 2.75) is 25.5 Å². The molecule has 122 valence electrons. The maximum atomic E-state index is 12.1. The van der Waals surface area contributed by atoms with Crippen LogP contribution in [-0.2, 0) is 11.3 Å². The molecular weight excluding hydrogens is 314 g/mol. The number of urea groups is 1. The number of carbonyl (C=O) groups excluding carboxylic acids is 1. The minimum Gasteiger partial charge on any atom is -0.376 e. The van der Waals surface area contributed by atoms with Crippen LogP contribution in [0.15, 0.2) is 24.0 Å². The van der Waals surface area contributed by atoms with Gasteiger partial charge < -0.3 is 15.0 Å². The lowest BCUT2D eigenvalue weighted by Gasteiger charge is -2.20. The van der Waals surface area contributed by atoms with Gasteiger partial charge in [-0.3, -0.25) is 9.97 Å². The molecule has 0 radical (unpaired) electrons. The van der Waals surface area contributed by atoms with Crippen molar-refractivity contribution in [1.29, 1.82) is 0 Å². The van der Waals surface area contributed by atoms with Gasteiger partial charge >= 0.3 is 6.03 Å². The molecular formula is C15H19N5O2S. The summed E-state index contributed by atoms with van der Waals surface area (Å²) in [5, 5.41) is 5.60. The van der Waals surface area contributed by atoms with Crippen molar-refractivity contribution in [3.05, 3.63) is 29.7 Å². The third kappa shape index (κ3) is 4.23. The monoisotopic (exact) mass is 333 g/mol. The second kappa shape index (κ2) is 7.47. The predicted molar refractivity (Wildman–Crippen MR) is 87.0 cm³/mol. The molecule has 23 heavy (non-hydrogen) atoms. The van der Waals surface area contributed by atoms with Crippen molar-refractivity contribution in [2.75, 3.05) is 20.2 Å². The highest BCUT2D eigenvalue weighted by atomic mass is 32.1. The fraction of sp³-hybridized carbons (Fsp3) is 0.467. The first-order chi connectivity index (χ1) is 11.2. The number of hydrogen-bond acceptors (Lipinski definition) is 6. The van der Waals surface area contributed by atoms with Gasteiger partial charge in [-0.05, 0) is 12.8 Å². The van der Waals surface area contributed by atoms with Crippen molar-refractivity contribution < 1.29 is 9.53 Å². The minimum absolute atomic E-state index is 0.116. The molecule has 0 unspecified atom stereocenters. The second-order valence-electron chi connectivity index (χ2n) is 5.41. The smallest absolute Gasteiger partial charge is 0.317 e. The van der Waals surface area contributed by atoms with E-state index in [-0.39, 0.29) is 12.1 Å². The minimum atomic E-state index is -0.116. The van der Waals surface area contributed by atoms with Crippen LogP contribution in [0.5, 0.6) is 0 Å². The van der Waals surface area contributed by atoms with Gasteiger partial charge in [0, 0.05) is 38.0 Å². The van der Waals surface area contributed by atoms with Crippen molar-refractivity contribution in [3.8, 4) is 10.7 Å². The number of rotatable bonds is 5. The van der Waals surface area contributed by atoms with Gasteiger partial charge in [-0.15, -0.1) is 11.3 Å². The van der Waals surface area contributed by atoms with E-state index in [1.807, 2.05) is 5.38 Å². The van der Waals surface area contributed by atoms with Gasteiger partial charge in [-0.25, -0.2) is 9.78 Å². The Morgan fingerprint density at radius 3 is 3.17 bits per heavy atom. The van der Waals surface area contributed by atoms with E-state index in [4.69, 9.17) is 4.74 Å². The second-order valence-corrected chi connectivity index (χ2v) is 6.27. The quantitative estimate of drug-likeness (QED) is 0.904. The Labute approximate surface area is 138 Å². The Morgan fingerprint density at radius 2 is 2.43 bits per heavy atom. The molecule has 7 nitrogen and oxygen atoms in total. The standard InChI is InChI=1S/C15H19N5O2S/c1-20(9-12-3-2-6-22-12)15(21)18-7-11-10-23-14(19-11)13-8-16-4-5-17-13/h4-5,8,10,12H,2-3,6-7,9H2,1H3,(H,18,21)/t12-/m0/s1. The van der Waals surface area contributed by atoms with E-state index in [2.05, 4.69) is 20.3 Å². The van der Waals surface area contributed by atoms with Crippen LogP contribution in [0.1, 0.15) is 18.5 Å². The molecule has 1 aliphatic rings. The van der Waals surface area contributed by atoms with E-state index >= 15 is 0 Å². The number of ether oxygens (including phenoxy) is 1. The number of carbonyl (C=O) groups is 1. The lowest BCUT2D eigenvalue weighted by molar-refractivity contribution is 0.0874. The molecule has 0 spiro atoms. The van der Waals surface area contributed by atoms with Crippen LogP contribution in [0.4, 0.5) is 4.79 Å². The van der Waals surface area contributed by atoms with Crippen LogP contribution < -0.4 is 5.32 Å². The Kier molecular flexibility index (Phi) is 5.14. The first kappa shape index (κ1) is 15.8. The molecule has 0 aromatic carbocycles. The van der Waals surface area contributed by atoms with E-state index in [1.54, 1.807) is 30.5 Å². The normalized spacial score (nSPS) is 17.2. The van der Waals surface area contributed by atoms with E-state index in [0.29, 0.717) is 13.1 Å². The molecule has 1 saturated heterocycles. The summed E-state index contributed by atoms with van der Waals surface area (Å²) in [7, 11) is 1.78. The van der Waals surface area contributed by atoms with Gasteiger partial charge in [0.2, 0.25) is 0 Å². The number of thiazole rings is 1. The first-order valence-corrected chi connectivity index (χ1v) is 8.41. The molecule has 0 bridgehead atoms. The summed E-state index contributed by atoms with van der Waals surface area (Å²) < 4.78 is 5.54. The highest BCUT2D eigenvalue weighted by molar-refractivity contribution is 7.13. The van der Waals surface area contributed by atoms with Gasteiger partial charge in [0.05, 0.1) is 24.5 Å². The van der Waals surface area contributed by atoms with Crippen LogP contribution in [-0.4, -0.2) is 52.2 Å². The number of nitrogens with one attached hydrogen (secondary N) is 1. The van der Waals surface area contributed by atoms with Gasteiger partial charge in [0.15, 0.2) is 0 Å². The molecule has 8 heteroatoms. The summed E-state index contributed by atoms with van der Waals surface area (Å²) in [4.78, 5) is 26.5. The van der Waals surface area contributed by atoms with Crippen molar-refractivity contribution >= 4 is 17.4 Å². The SMILES string of the molecule is CN(C[C@@H]1CCCO1)C(=O)NCc1csc(-c2cnccn2)n1. The maximum absolute atomic E-state index is 12.1. The van der Waals surface area contributed by atoms with Crippen molar-refractivity contribution in [2.24, 2.45) is 0 Å². The third-order valence-electron chi connectivity index (χ3n) is 3.60. The molecule has 3 rings (SSSR count). The van der Waals surface area contributed by atoms with Crippen molar-refractivity contribution in [1.82, 2.24) is 25.2 Å². The molecule has 2 aromatic rings. The zero-order valence-electron chi connectivity index (χ0n) is 12.9. The van der Waals surface area contributed by atoms with Crippen LogP contribution in [0.3, 0.4) is 0 Å². The average Bonchev–Trinajstić information content (AvgIpc) is 3.25. The highest BCUT2D eigenvalue weighted by Gasteiger charge is 2.20. The molecule has 1 N–H and O–H groups in total. The number of hydrogen-bond donors (Lipinski definition) is 1. The summed E-state index contributed by atoms with van der Waals surface area (Å²) in [6, 6.07) is -0.116. The van der Waals surface area contributed by atoms with Gasteiger partial charge in [0.25, 0.3) is 0 Å². The molecule has 1 aliphatic heterocycles. The number of nitrogens with zero attached hydrogens (tertiary/aromatic N) is 4. The molecule has 1 atom stereocenters. The summed E-state index contributed by atoms with van der Waals surface area (Å²) in [6.07, 6.45) is 7.19. The Morgan fingerprint density at radius 1 is 1.52 bits per heavy atom. The summed E-state index contributed by atoms with van der Waals surface area (Å²) in [6.45, 7) is 1.81. The number of aromatic nitrogens is 3. The zero-order valence-corrected chi connectivity index (χ0v) is 13.8. The van der Waals surface area contributed by atoms with Crippen LogP contribution >= 0.6 is 11.3 Å². The van der Waals surface area contributed by atoms with E-state index < -0.39 is 0 Å². The molecule has 2 amide bonds. The average molecular weight is 333 g/mol. The lowest BCUT2D eigenvalue weighted by Crippen LogP contribution is -2.40. The molecule has 3 heterocycles. The third-order valence-corrected chi connectivity index (χ3v) is 4.52. The van der Waals surface area contributed by atoms with E-state index in [0.717, 1.165) is 35.8 Å². The topological polar surface area (TPSA) is 80.2 Å². The highest BCUT2D eigenvalue weighted by Crippen LogP contribution is 2.20. The summed E-state index contributed by atoms with van der Waals surface area (Å²) in [5.41, 5.74) is 1.56. The lowest BCUT2D eigenvalue weighted by atomic mass is 10.2. The zero-order chi connectivity index (χ0) is 16.1. The van der Waals surface area contributed by atoms with E-state index in [9.17, 15) is 4.79 Å². The van der Waals surface area contributed by atoms with Crippen LogP contribution in [0, 0.1) is 0 Å². The number of likely N-dealkylation sites (N-methyl/N-ethyl adjacent to an activating group) is 1. The van der Waals surface area contributed by atoms with Gasteiger partial charge in [0.1, 0.15) is 10.7 Å². The largest absolute Gasteiger partial charge is 0.376 e.